The van der Waals surface area contributed by atoms with Crippen molar-refractivity contribution in [3.63, 3.8) is 0 Å². The van der Waals surface area contributed by atoms with E-state index in [1.54, 1.807) is 0 Å². The lowest BCUT2D eigenvalue weighted by atomic mass is 10.2. The Bertz CT molecular complexity index is 502. The third-order valence-corrected chi connectivity index (χ3v) is 4.56. The molecule has 0 spiro atoms. The van der Waals surface area contributed by atoms with Gasteiger partial charge in [0.25, 0.3) is 0 Å². The predicted molar refractivity (Wildman–Crippen MR) is 67.0 cm³/mol. The van der Waals surface area contributed by atoms with E-state index in [9.17, 15) is 12.8 Å². The molecule has 1 rings (SSSR count). The highest BCUT2D eigenvalue weighted by Crippen LogP contribution is 2.20. The number of unbranched alkanes of at least 4 members (excludes halogenated alkanes) is 1. The molecule has 6 heteroatoms. The molecule has 0 unspecified atom stereocenters. The molecule has 4 nitrogen and oxygen atoms in total. The van der Waals surface area contributed by atoms with E-state index in [1.807, 2.05) is 6.92 Å². The monoisotopic (exact) mass is 275 g/mol. The highest BCUT2D eigenvalue weighted by atomic mass is 32.2. The van der Waals surface area contributed by atoms with E-state index >= 15 is 0 Å². The fraction of sp³-hybridized carbons (Fsp3) is 0.500. The molecule has 0 heterocycles. The van der Waals surface area contributed by atoms with Crippen molar-refractivity contribution in [1.82, 2.24) is 4.31 Å². The lowest BCUT2D eigenvalue weighted by Gasteiger charge is -2.17. The van der Waals surface area contributed by atoms with E-state index in [4.69, 9.17) is 5.11 Å². The van der Waals surface area contributed by atoms with Crippen molar-refractivity contribution in [1.29, 1.82) is 0 Å². The van der Waals surface area contributed by atoms with E-state index in [0.29, 0.717) is 12.1 Å². The first-order chi connectivity index (χ1) is 8.43. The summed E-state index contributed by atoms with van der Waals surface area (Å²) in [4.78, 5) is -0.382. The number of sulfonamides is 1. The number of halogens is 1. The van der Waals surface area contributed by atoms with Crippen LogP contribution >= 0.6 is 0 Å². The molecule has 0 bridgehead atoms. The first kappa shape index (κ1) is 15.1. The zero-order chi connectivity index (χ0) is 13.8. The van der Waals surface area contributed by atoms with Crippen molar-refractivity contribution in [3.05, 3.63) is 29.6 Å². The minimum atomic E-state index is -3.83. The summed E-state index contributed by atoms with van der Waals surface area (Å²) in [5, 5.41) is 8.97. The fourth-order valence-electron chi connectivity index (χ4n) is 1.51. The number of benzene rings is 1. The second kappa shape index (κ2) is 6.26. The quantitative estimate of drug-likeness (QED) is 0.860. The Hall–Kier alpha value is -0.980. The van der Waals surface area contributed by atoms with Gasteiger partial charge in [0, 0.05) is 13.6 Å². The van der Waals surface area contributed by atoms with Crippen LogP contribution in [0, 0.1) is 5.82 Å². The summed E-state index contributed by atoms with van der Waals surface area (Å²) in [5.74, 6) is -0.796. The number of nitrogens with zero attached hydrogens (tertiary/aromatic N) is 1. The third kappa shape index (κ3) is 3.28. The molecule has 0 fully saturated rings. The van der Waals surface area contributed by atoms with Gasteiger partial charge < -0.3 is 5.11 Å². The summed E-state index contributed by atoms with van der Waals surface area (Å²) in [6, 6.07) is 3.60. The van der Waals surface area contributed by atoms with Gasteiger partial charge in [0.1, 0.15) is 10.7 Å². The highest BCUT2D eigenvalue weighted by Gasteiger charge is 2.24. The van der Waals surface area contributed by atoms with Gasteiger partial charge >= 0.3 is 0 Å². The van der Waals surface area contributed by atoms with Crippen molar-refractivity contribution in [2.24, 2.45) is 0 Å². The average Bonchev–Trinajstić information content (AvgIpc) is 2.36. The summed E-state index contributed by atoms with van der Waals surface area (Å²) in [6.45, 7) is 1.98. The molecule has 0 saturated heterocycles. The van der Waals surface area contributed by atoms with Gasteiger partial charge in [-0.25, -0.2) is 17.1 Å². The summed E-state index contributed by atoms with van der Waals surface area (Å²) in [7, 11) is -2.40. The van der Waals surface area contributed by atoms with Crippen LogP contribution in [0.1, 0.15) is 25.3 Å². The van der Waals surface area contributed by atoms with Gasteiger partial charge in [-0.1, -0.05) is 19.4 Å². The van der Waals surface area contributed by atoms with Gasteiger partial charge in [-0.2, -0.15) is 0 Å². The Labute approximate surface area is 107 Å². The van der Waals surface area contributed by atoms with Gasteiger partial charge in [0.2, 0.25) is 10.0 Å². The first-order valence-corrected chi connectivity index (χ1v) is 7.23. The predicted octanol–water partition coefficient (Wildman–Crippen LogP) is 1.74. The molecule has 0 saturated carbocycles. The molecular formula is C12H18FNO3S. The van der Waals surface area contributed by atoms with Crippen LogP contribution in [0.15, 0.2) is 23.1 Å². The lowest BCUT2D eigenvalue weighted by Crippen LogP contribution is -2.28. The average molecular weight is 275 g/mol. The maximum atomic E-state index is 13.6. The zero-order valence-corrected chi connectivity index (χ0v) is 11.4. The molecule has 102 valence electrons. The number of aliphatic hydroxyl groups is 1. The van der Waals surface area contributed by atoms with Crippen molar-refractivity contribution < 1.29 is 17.9 Å². The second-order valence-corrected chi connectivity index (χ2v) is 6.12. The molecular weight excluding hydrogens is 257 g/mol. The summed E-state index contributed by atoms with van der Waals surface area (Å²) >= 11 is 0. The van der Waals surface area contributed by atoms with E-state index in [0.717, 1.165) is 23.2 Å². The highest BCUT2D eigenvalue weighted by molar-refractivity contribution is 7.89. The molecule has 1 aromatic carbocycles. The summed E-state index contributed by atoms with van der Waals surface area (Å²) in [6.07, 6.45) is 1.58. The van der Waals surface area contributed by atoms with Crippen LogP contribution in [0.5, 0.6) is 0 Å². The Kier molecular flexibility index (Phi) is 5.25. The molecule has 0 aliphatic carbocycles. The van der Waals surface area contributed by atoms with Gasteiger partial charge in [0.05, 0.1) is 6.61 Å². The van der Waals surface area contributed by atoms with Crippen LogP contribution in [0.25, 0.3) is 0 Å². The standard InChI is InChI=1S/C12H18FNO3S/c1-3-4-7-14(2)18(16,17)12-8-10(9-15)5-6-11(12)13/h5-6,8,15H,3-4,7,9H2,1-2H3. The number of aliphatic hydroxyl groups excluding tert-OH is 1. The normalized spacial score (nSPS) is 12.1. The molecule has 0 aromatic heterocycles. The SMILES string of the molecule is CCCCN(C)S(=O)(=O)c1cc(CO)ccc1F. The van der Waals surface area contributed by atoms with E-state index in [-0.39, 0.29) is 11.5 Å². The molecule has 0 radical (unpaired) electrons. The van der Waals surface area contributed by atoms with Crippen molar-refractivity contribution in [2.75, 3.05) is 13.6 Å². The van der Waals surface area contributed by atoms with Gasteiger partial charge in [-0.3, -0.25) is 0 Å². The van der Waals surface area contributed by atoms with Crippen molar-refractivity contribution in [3.8, 4) is 0 Å². The largest absolute Gasteiger partial charge is 0.392 e. The maximum Gasteiger partial charge on any atom is 0.245 e. The van der Waals surface area contributed by atoms with Crippen molar-refractivity contribution >= 4 is 10.0 Å². The number of hydrogen-bond acceptors (Lipinski definition) is 3. The van der Waals surface area contributed by atoms with Crippen LogP contribution in [0.3, 0.4) is 0 Å². The van der Waals surface area contributed by atoms with Crippen LogP contribution in [0.4, 0.5) is 4.39 Å². The Morgan fingerprint density at radius 1 is 1.39 bits per heavy atom. The molecule has 0 aliphatic rings. The second-order valence-electron chi connectivity index (χ2n) is 4.10. The maximum absolute atomic E-state index is 13.6. The Balaban J connectivity index is 3.11. The summed E-state index contributed by atoms with van der Waals surface area (Å²) in [5.41, 5.74) is 0.374. The van der Waals surface area contributed by atoms with Gasteiger partial charge in [0.15, 0.2) is 0 Å². The molecule has 0 aliphatic heterocycles. The summed E-state index contributed by atoms with van der Waals surface area (Å²) < 4.78 is 39.0. The van der Waals surface area contributed by atoms with Crippen LogP contribution in [-0.2, 0) is 16.6 Å². The molecule has 0 amide bonds. The Morgan fingerprint density at radius 3 is 2.61 bits per heavy atom. The van der Waals surface area contributed by atoms with E-state index < -0.39 is 15.8 Å². The fourth-order valence-corrected chi connectivity index (χ4v) is 2.83. The van der Waals surface area contributed by atoms with Crippen molar-refractivity contribution in [2.45, 2.75) is 31.3 Å². The van der Waals surface area contributed by atoms with Gasteiger partial charge in [-0.15, -0.1) is 0 Å². The minimum absolute atomic E-state index is 0.318. The van der Waals surface area contributed by atoms with Gasteiger partial charge in [-0.05, 0) is 24.1 Å². The van der Waals surface area contributed by atoms with Crippen LogP contribution in [-0.4, -0.2) is 31.4 Å². The van der Waals surface area contributed by atoms with E-state index in [2.05, 4.69) is 0 Å². The molecule has 0 atom stereocenters. The molecule has 1 N–H and O–H groups in total. The molecule has 18 heavy (non-hydrogen) atoms. The minimum Gasteiger partial charge on any atom is -0.392 e. The first-order valence-electron chi connectivity index (χ1n) is 5.79. The lowest BCUT2D eigenvalue weighted by molar-refractivity contribution is 0.281. The van der Waals surface area contributed by atoms with E-state index in [1.165, 1.54) is 19.2 Å². The van der Waals surface area contributed by atoms with Crippen LogP contribution in [0.2, 0.25) is 0 Å². The zero-order valence-electron chi connectivity index (χ0n) is 10.6. The number of hydrogen-bond donors (Lipinski definition) is 1. The third-order valence-electron chi connectivity index (χ3n) is 2.69. The van der Waals surface area contributed by atoms with Crippen LogP contribution < -0.4 is 0 Å². The number of rotatable bonds is 6. The topological polar surface area (TPSA) is 57.6 Å². The Morgan fingerprint density at radius 2 is 2.06 bits per heavy atom. The smallest absolute Gasteiger partial charge is 0.245 e. The molecule has 1 aromatic rings.